The second kappa shape index (κ2) is 7.47. The second-order valence-electron chi connectivity index (χ2n) is 8.89. The highest BCUT2D eigenvalue weighted by Gasteiger charge is 2.52. The van der Waals surface area contributed by atoms with Crippen molar-refractivity contribution in [1.29, 1.82) is 0 Å². The summed E-state index contributed by atoms with van der Waals surface area (Å²) in [5.74, 6) is 2.92. The van der Waals surface area contributed by atoms with Gasteiger partial charge in [0.2, 0.25) is 0 Å². The highest BCUT2D eigenvalue weighted by Crippen LogP contribution is 2.58. The first-order valence-electron chi connectivity index (χ1n) is 10.2. The molecule has 7 atom stereocenters. The summed E-state index contributed by atoms with van der Waals surface area (Å²) in [6, 6.07) is 0. The molecule has 3 saturated carbocycles. The van der Waals surface area contributed by atoms with Gasteiger partial charge in [-0.1, -0.05) is 25.5 Å². The molecule has 138 valence electrons. The molecule has 0 spiro atoms. The van der Waals surface area contributed by atoms with Crippen molar-refractivity contribution in [2.24, 2.45) is 40.7 Å². The number of allylic oxidation sites excluding steroid dienone is 2. The molecule has 4 N–H and O–H groups in total. The van der Waals surface area contributed by atoms with E-state index in [0.717, 1.165) is 44.1 Å². The average molecular weight is 336 g/mol. The van der Waals surface area contributed by atoms with Crippen molar-refractivity contribution < 1.29 is 10.2 Å². The molecular weight excluding hydrogens is 298 g/mol. The van der Waals surface area contributed by atoms with Gasteiger partial charge in [-0.2, -0.15) is 0 Å². The third-order valence-electron chi connectivity index (χ3n) is 7.93. The van der Waals surface area contributed by atoms with Crippen molar-refractivity contribution in [3.8, 4) is 0 Å². The van der Waals surface area contributed by atoms with Crippen molar-refractivity contribution in [1.82, 2.24) is 0 Å². The Labute approximate surface area is 147 Å². The summed E-state index contributed by atoms with van der Waals surface area (Å²) in [6.45, 7) is 5.61. The predicted molar refractivity (Wildman–Crippen MR) is 98.4 cm³/mol. The Morgan fingerprint density at radius 2 is 2.04 bits per heavy atom. The molecule has 3 aliphatic carbocycles. The Morgan fingerprint density at radius 1 is 1.25 bits per heavy atom. The molecule has 0 saturated heterocycles. The van der Waals surface area contributed by atoms with Gasteiger partial charge in [0.1, 0.15) is 0 Å². The van der Waals surface area contributed by atoms with Crippen LogP contribution in [-0.4, -0.2) is 29.5 Å². The fourth-order valence-electron chi connectivity index (χ4n) is 6.62. The Balaban J connectivity index is 1.83. The van der Waals surface area contributed by atoms with Crippen LogP contribution in [0.2, 0.25) is 0 Å². The quantitative estimate of drug-likeness (QED) is 0.689. The lowest BCUT2D eigenvalue weighted by Crippen LogP contribution is -2.51. The smallest absolute Gasteiger partial charge is 0.0544 e. The van der Waals surface area contributed by atoms with E-state index in [2.05, 4.69) is 19.9 Å². The van der Waals surface area contributed by atoms with Crippen molar-refractivity contribution >= 4 is 0 Å². The van der Waals surface area contributed by atoms with Crippen LogP contribution in [0.15, 0.2) is 11.6 Å². The highest BCUT2D eigenvalue weighted by atomic mass is 16.3. The standard InChI is InChI=1S/C21H37NO2/c1-3-4-14-5-6-18-17(14)7-8-20(19(18)12-22)21(2)10-9-16(24)11-15(21)13-23/h4,15-20,23-24H,3,5-13,22H2,1-2H3/t15-,16+,17?,18?,19+,20?,21+/m1/s1. The Kier molecular flexibility index (Phi) is 5.73. The molecule has 0 aromatic heterocycles. The lowest BCUT2D eigenvalue weighted by molar-refractivity contribution is -0.0810. The third-order valence-corrected chi connectivity index (χ3v) is 7.93. The van der Waals surface area contributed by atoms with Crippen molar-refractivity contribution in [3.63, 3.8) is 0 Å². The van der Waals surface area contributed by atoms with Gasteiger partial charge in [0, 0.05) is 6.61 Å². The monoisotopic (exact) mass is 335 g/mol. The van der Waals surface area contributed by atoms with Gasteiger partial charge >= 0.3 is 0 Å². The van der Waals surface area contributed by atoms with Gasteiger partial charge in [0.25, 0.3) is 0 Å². The lowest BCUT2D eigenvalue weighted by Gasteiger charge is -2.54. The second-order valence-corrected chi connectivity index (χ2v) is 8.89. The largest absolute Gasteiger partial charge is 0.396 e. The van der Waals surface area contributed by atoms with Crippen LogP contribution < -0.4 is 5.73 Å². The van der Waals surface area contributed by atoms with Crippen LogP contribution in [0.1, 0.15) is 65.2 Å². The van der Waals surface area contributed by atoms with Crippen LogP contribution in [-0.2, 0) is 0 Å². The van der Waals surface area contributed by atoms with Crippen LogP contribution in [0.25, 0.3) is 0 Å². The first-order chi connectivity index (χ1) is 11.5. The lowest BCUT2D eigenvalue weighted by atomic mass is 9.52. The number of nitrogens with two attached hydrogens (primary N) is 1. The fourth-order valence-corrected chi connectivity index (χ4v) is 6.62. The van der Waals surface area contributed by atoms with Crippen LogP contribution >= 0.6 is 0 Å². The molecule has 0 bridgehead atoms. The summed E-state index contributed by atoms with van der Waals surface area (Å²) in [6.07, 6.45) is 11.2. The van der Waals surface area contributed by atoms with E-state index >= 15 is 0 Å². The Morgan fingerprint density at radius 3 is 2.71 bits per heavy atom. The van der Waals surface area contributed by atoms with E-state index in [1.807, 2.05) is 0 Å². The first-order valence-corrected chi connectivity index (χ1v) is 10.2. The summed E-state index contributed by atoms with van der Waals surface area (Å²) in [5.41, 5.74) is 8.15. The van der Waals surface area contributed by atoms with Gasteiger partial charge in [-0.15, -0.1) is 0 Å². The zero-order valence-corrected chi connectivity index (χ0v) is 15.6. The maximum Gasteiger partial charge on any atom is 0.0544 e. The van der Waals surface area contributed by atoms with Crippen LogP contribution in [0, 0.1) is 35.0 Å². The van der Waals surface area contributed by atoms with Gasteiger partial charge in [-0.25, -0.2) is 0 Å². The summed E-state index contributed by atoms with van der Waals surface area (Å²) in [4.78, 5) is 0. The normalized spacial score (nSPS) is 47.8. The first kappa shape index (κ1) is 18.4. The summed E-state index contributed by atoms with van der Waals surface area (Å²) < 4.78 is 0. The van der Waals surface area contributed by atoms with Crippen molar-refractivity contribution in [2.45, 2.75) is 71.3 Å². The molecule has 3 unspecified atom stereocenters. The number of hydrogen-bond acceptors (Lipinski definition) is 3. The number of fused-ring (bicyclic) bond motifs is 1. The highest BCUT2D eigenvalue weighted by molar-refractivity contribution is 5.17. The minimum absolute atomic E-state index is 0.139. The molecule has 3 fully saturated rings. The molecule has 0 aromatic carbocycles. The summed E-state index contributed by atoms with van der Waals surface area (Å²) in [7, 11) is 0. The fraction of sp³-hybridized carbons (Fsp3) is 0.905. The molecule has 0 heterocycles. The zero-order valence-electron chi connectivity index (χ0n) is 15.6. The molecule has 3 rings (SSSR count). The zero-order chi connectivity index (χ0) is 17.3. The molecule has 0 amide bonds. The van der Waals surface area contributed by atoms with E-state index < -0.39 is 0 Å². The molecule has 3 heteroatoms. The van der Waals surface area contributed by atoms with Crippen LogP contribution in [0.4, 0.5) is 0 Å². The SMILES string of the molecule is CCC=C1CCC2C1CCC([C@@]1(C)CC[C@H](O)C[C@@H]1CO)[C@H]2CN. The van der Waals surface area contributed by atoms with E-state index in [1.165, 1.54) is 25.7 Å². The summed E-state index contributed by atoms with van der Waals surface area (Å²) >= 11 is 0. The predicted octanol–water partition coefficient (Wildman–Crippen LogP) is 3.49. The number of rotatable bonds is 4. The molecule has 0 aromatic rings. The maximum atomic E-state index is 10.1. The topological polar surface area (TPSA) is 66.5 Å². The molecular formula is C21H37NO2. The molecule has 3 aliphatic rings. The Hall–Kier alpha value is -0.380. The van der Waals surface area contributed by atoms with E-state index in [1.54, 1.807) is 5.57 Å². The minimum atomic E-state index is -0.228. The van der Waals surface area contributed by atoms with Gasteiger partial charge in [0.05, 0.1) is 6.10 Å². The molecule has 24 heavy (non-hydrogen) atoms. The van der Waals surface area contributed by atoms with Crippen LogP contribution in [0.3, 0.4) is 0 Å². The van der Waals surface area contributed by atoms with E-state index in [0.29, 0.717) is 11.8 Å². The van der Waals surface area contributed by atoms with Crippen molar-refractivity contribution in [2.75, 3.05) is 13.2 Å². The van der Waals surface area contributed by atoms with Crippen molar-refractivity contribution in [3.05, 3.63) is 11.6 Å². The minimum Gasteiger partial charge on any atom is -0.396 e. The van der Waals surface area contributed by atoms with Crippen LogP contribution in [0.5, 0.6) is 0 Å². The maximum absolute atomic E-state index is 10.1. The van der Waals surface area contributed by atoms with E-state index in [9.17, 15) is 10.2 Å². The van der Waals surface area contributed by atoms with Gasteiger partial charge in [-0.05, 0) is 92.9 Å². The molecule has 0 aliphatic heterocycles. The summed E-state index contributed by atoms with van der Waals surface area (Å²) in [5, 5.41) is 20.0. The van der Waals surface area contributed by atoms with Gasteiger partial charge in [0.15, 0.2) is 0 Å². The number of aliphatic hydroxyl groups is 2. The molecule has 3 nitrogen and oxygen atoms in total. The number of hydrogen-bond donors (Lipinski definition) is 3. The number of aliphatic hydroxyl groups excluding tert-OH is 2. The Bertz CT molecular complexity index is 463. The average Bonchev–Trinajstić information content (AvgIpc) is 2.99. The van der Waals surface area contributed by atoms with E-state index in [4.69, 9.17) is 5.73 Å². The van der Waals surface area contributed by atoms with E-state index in [-0.39, 0.29) is 24.0 Å². The van der Waals surface area contributed by atoms with Gasteiger partial charge in [-0.3, -0.25) is 0 Å². The van der Waals surface area contributed by atoms with Gasteiger partial charge < -0.3 is 15.9 Å². The third kappa shape index (κ3) is 3.08. The molecule has 0 radical (unpaired) electrons.